The number of nitrogens with one attached hydrogen (secondary N) is 1. The SMILES string of the molecule is N[C@H]1CC[C@H](NC(=O)C23CC4CC(c5ccccc5)(CC2/C4=C\C2CC2)C3)CC1. The Morgan fingerprint density at radius 3 is 2.48 bits per heavy atom. The minimum Gasteiger partial charge on any atom is -0.353 e. The van der Waals surface area contributed by atoms with Crippen molar-refractivity contribution in [2.45, 2.75) is 81.7 Å². The molecule has 6 fully saturated rings. The van der Waals surface area contributed by atoms with Gasteiger partial charge in [0.2, 0.25) is 5.91 Å². The van der Waals surface area contributed by atoms with E-state index in [2.05, 4.69) is 41.7 Å². The molecule has 1 aromatic rings. The Morgan fingerprint density at radius 1 is 1.00 bits per heavy atom. The van der Waals surface area contributed by atoms with Crippen LogP contribution in [0.4, 0.5) is 0 Å². The van der Waals surface area contributed by atoms with Gasteiger partial charge in [0, 0.05) is 12.1 Å². The third kappa shape index (κ3) is 2.84. The van der Waals surface area contributed by atoms with Crippen LogP contribution in [-0.4, -0.2) is 18.0 Å². The van der Waals surface area contributed by atoms with Crippen molar-refractivity contribution in [3.63, 3.8) is 0 Å². The van der Waals surface area contributed by atoms with E-state index in [0.29, 0.717) is 29.8 Å². The summed E-state index contributed by atoms with van der Waals surface area (Å²) in [5.41, 5.74) is 9.27. The van der Waals surface area contributed by atoms with E-state index in [0.717, 1.165) is 44.4 Å². The molecule has 6 aliphatic rings. The average molecular weight is 391 g/mol. The molecule has 0 aliphatic heterocycles. The third-order valence-corrected chi connectivity index (χ3v) is 9.03. The number of hydrogen-bond donors (Lipinski definition) is 2. The van der Waals surface area contributed by atoms with Crippen LogP contribution in [0.1, 0.15) is 69.8 Å². The van der Waals surface area contributed by atoms with Crippen molar-refractivity contribution in [2.75, 3.05) is 0 Å². The number of nitrogens with two attached hydrogens (primary N) is 1. The molecule has 0 heterocycles. The first-order chi connectivity index (χ1) is 14.1. The van der Waals surface area contributed by atoms with Crippen LogP contribution in [0, 0.1) is 23.2 Å². The molecule has 0 spiro atoms. The molecular weight excluding hydrogens is 356 g/mol. The van der Waals surface area contributed by atoms with Crippen molar-refractivity contribution in [3.05, 3.63) is 47.5 Å². The molecular formula is C26H34N2O. The molecule has 4 unspecified atom stereocenters. The molecule has 0 aromatic heterocycles. The Bertz CT molecular complexity index is 836. The van der Waals surface area contributed by atoms with Gasteiger partial charge in [-0.2, -0.15) is 0 Å². The standard InChI is InChI=1S/C26H34N2O/c27-20-8-10-21(11-9-20)28-24(29)26-14-18-13-25(16-26,19-4-2-1-3-5-19)15-23(26)22(18)12-17-6-7-17/h1-5,12,17-18,20-21,23H,6-11,13-16,27H2,(H,28,29)/b22-12-/t18?,20-,21-,23?,25?,26?. The van der Waals surface area contributed by atoms with Crippen LogP contribution in [0.5, 0.6) is 0 Å². The van der Waals surface area contributed by atoms with Gasteiger partial charge in [-0.1, -0.05) is 42.0 Å². The van der Waals surface area contributed by atoms with Gasteiger partial charge in [0.15, 0.2) is 0 Å². The first-order valence-electron chi connectivity index (χ1n) is 11.9. The fourth-order valence-electron chi connectivity index (χ4n) is 7.54. The number of benzene rings is 1. The molecule has 0 saturated heterocycles. The first kappa shape index (κ1) is 18.2. The quantitative estimate of drug-likeness (QED) is 0.746. The van der Waals surface area contributed by atoms with E-state index in [1.807, 2.05) is 0 Å². The molecule has 1 amide bonds. The molecule has 0 radical (unpaired) electrons. The Balaban J connectivity index is 1.32. The lowest BCUT2D eigenvalue weighted by Gasteiger charge is -2.42. The Hall–Kier alpha value is -1.61. The van der Waals surface area contributed by atoms with Gasteiger partial charge in [-0.3, -0.25) is 4.79 Å². The van der Waals surface area contributed by atoms with Crippen molar-refractivity contribution in [3.8, 4) is 0 Å². The van der Waals surface area contributed by atoms with Gasteiger partial charge in [0.05, 0.1) is 5.41 Å². The molecule has 6 aliphatic carbocycles. The molecule has 154 valence electrons. The third-order valence-electron chi connectivity index (χ3n) is 9.03. The van der Waals surface area contributed by atoms with Gasteiger partial charge in [-0.25, -0.2) is 0 Å². The molecule has 3 heteroatoms. The van der Waals surface area contributed by atoms with E-state index in [1.54, 1.807) is 5.57 Å². The summed E-state index contributed by atoms with van der Waals surface area (Å²) in [6.45, 7) is 0. The van der Waals surface area contributed by atoms with E-state index in [9.17, 15) is 4.79 Å². The summed E-state index contributed by atoms with van der Waals surface area (Å²) in [6, 6.07) is 11.8. The Kier molecular flexibility index (Phi) is 4.04. The molecule has 3 N–H and O–H groups in total. The van der Waals surface area contributed by atoms with Crippen LogP contribution in [0.15, 0.2) is 42.0 Å². The summed E-state index contributed by atoms with van der Waals surface area (Å²) in [6.07, 6.45) is 14.1. The predicted octanol–water partition coefficient (Wildman–Crippen LogP) is 4.47. The lowest BCUT2D eigenvalue weighted by Crippen LogP contribution is -2.49. The Labute approximate surface area is 174 Å². The monoisotopic (exact) mass is 390 g/mol. The van der Waals surface area contributed by atoms with Gasteiger partial charge >= 0.3 is 0 Å². The van der Waals surface area contributed by atoms with Crippen molar-refractivity contribution >= 4 is 5.91 Å². The molecule has 4 bridgehead atoms. The highest BCUT2D eigenvalue weighted by molar-refractivity contribution is 5.86. The number of rotatable bonds is 4. The van der Waals surface area contributed by atoms with Crippen LogP contribution in [0.3, 0.4) is 0 Å². The highest BCUT2D eigenvalue weighted by Crippen LogP contribution is 2.73. The van der Waals surface area contributed by atoms with Gasteiger partial charge in [0.25, 0.3) is 0 Å². The number of carbonyl (C=O) groups excluding carboxylic acids is 1. The van der Waals surface area contributed by atoms with Crippen molar-refractivity contribution in [2.24, 2.45) is 28.9 Å². The second kappa shape index (κ2) is 6.44. The largest absolute Gasteiger partial charge is 0.353 e. The lowest BCUT2D eigenvalue weighted by atomic mass is 9.63. The molecule has 1 aromatic carbocycles. The zero-order chi connectivity index (χ0) is 19.6. The Morgan fingerprint density at radius 2 is 1.76 bits per heavy atom. The summed E-state index contributed by atoms with van der Waals surface area (Å²) in [5, 5.41) is 3.52. The van der Waals surface area contributed by atoms with Gasteiger partial charge in [0.1, 0.15) is 0 Å². The van der Waals surface area contributed by atoms with Crippen LogP contribution >= 0.6 is 0 Å². The maximum absolute atomic E-state index is 13.8. The van der Waals surface area contributed by atoms with Gasteiger partial charge < -0.3 is 11.1 Å². The lowest BCUT2D eigenvalue weighted by molar-refractivity contribution is -0.133. The minimum absolute atomic E-state index is 0.168. The molecule has 3 nitrogen and oxygen atoms in total. The normalized spacial score (nSPS) is 44.4. The number of amides is 1. The van der Waals surface area contributed by atoms with E-state index in [1.165, 1.54) is 31.2 Å². The first-order valence-corrected chi connectivity index (χ1v) is 11.9. The van der Waals surface area contributed by atoms with Crippen LogP contribution in [0.25, 0.3) is 0 Å². The number of allylic oxidation sites excluding steroid dienone is 2. The van der Waals surface area contributed by atoms with Crippen LogP contribution in [0.2, 0.25) is 0 Å². The van der Waals surface area contributed by atoms with Crippen molar-refractivity contribution in [1.29, 1.82) is 0 Å². The maximum Gasteiger partial charge on any atom is 0.227 e. The second-order valence-corrected chi connectivity index (χ2v) is 10.9. The van der Waals surface area contributed by atoms with E-state index in [-0.39, 0.29) is 10.8 Å². The van der Waals surface area contributed by atoms with Gasteiger partial charge in [-0.15, -0.1) is 0 Å². The molecule has 7 rings (SSSR count). The van der Waals surface area contributed by atoms with E-state index >= 15 is 0 Å². The van der Waals surface area contributed by atoms with E-state index < -0.39 is 0 Å². The van der Waals surface area contributed by atoms with Gasteiger partial charge in [-0.05, 0) is 92.9 Å². The fraction of sp³-hybridized carbons (Fsp3) is 0.654. The number of carbonyl (C=O) groups is 1. The minimum atomic E-state index is -0.168. The van der Waals surface area contributed by atoms with Crippen molar-refractivity contribution < 1.29 is 4.79 Å². The molecule has 6 saturated carbocycles. The summed E-state index contributed by atoms with van der Waals surface area (Å²) in [4.78, 5) is 13.8. The fourth-order valence-corrected chi connectivity index (χ4v) is 7.54. The molecule has 4 atom stereocenters. The smallest absolute Gasteiger partial charge is 0.227 e. The van der Waals surface area contributed by atoms with Crippen LogP contribution < -0.4 is 11.1 Å². The average Bonchev–Trinajstić information content (AvgIpc) is 3.49. The summed E-state index contributed by atoms with van der Waals surface area (Å²) >= 11 is 0. The number of hydrogen-bond acceptors (Lipinski definition) is 2. The van der Waals surface area contributed by atoms with Crippen molar-refractivity contribution in [1.82, 2.24) is 5.32 Å². The maximum atomic E-state index is 13.8. The van der Waals surface area contributed by atoms with Crippen LogP contribution in [-0.2, 0) is 10.2 Å². The highest BCUT2D eigenvalue weighted by Gasteiger charge is 2.69. The zero-order valence-electron chi connectivity index (χ0n) is 17.4. The summed E-state index contributed by atoms with van der Waals surface area (Å²) in [5.74, 6) is 2.25. The zero-order valence-corrected chi connectivity index (χ0v) is 17.4. The molecule has 29 heavy (non-hydrogen) atoms. The highest BCUT2D eigenvalue weighted by atomic mass is 16.2. The van der Waals surface area contributed by atoms with E-state index in [4.69, 9.17) is 5.73 Å². The second-order valence-electron chi connectivity index (χ2n) is 10.9. The predicted molar refractivity (Wildman–Crippen MR) is 115 cm³/mol. The topological polar surface area (TPSA) is 55.1 Å². The summed E-state index contributed by atoms with van der Waals surface area (Å²) < 4.78 is 0. The summed E-state index contributed by atoms with van der Waals surface area (Å²) in [7, 11) is 0.